The highest BCUT2D eigenvalue weighted by molar-refractivity contribution is 5.07. The van der Waals surface area contributed by atoms with E-state index in [1.807, 2.05) is 0 Å². The van der Waals surface area contributed by atoms with E-state index in [-0.39, 0.29) is 0 Å². The van der Waals surface area contributed by atoms with Gasteiger partial charge in [-0.05, 0) is 43.4 Å². The van der Waals surface area contributed by atoms with Crippen LogP contribution in [0.4, 0.5) is 0 Å². The second-order valence-corrected chi connectivity index (χ2v) is 5.54. The zero-order valence-electron chi connectivity index (χ0n) is 9.23. The minimum absolute atomic E-state index is 0.421. The monoisotopic (exact) mass is 182 g/mol. The maximum Gasteiger partial charge on any atom is 0.0681 e. The van der Waals surface area contributed by atoms with Gasteiger partial charge in [0, 0.05) is 6.61 Å². The summed E-state index contributed by atoms with van der Waals surface area (Å²) in [6.07, 6.45) is 7.55. The summed E-state index contributed by atoms with van der Waals surface area (Å²) in [4.78, 5) is 0. The van der Waals surface area contributed by atoms with E-state index in [9.17, 15) is 0 Å². The van der Waals surface area contributed by atoms with Crippen molar-refractivity contribution in [3.63, 3.8) is 0 Å². The molecule has 1 nitrogen and oxygen atoms in total. The van der Waals surface area contributed by atoms with Crippen LogP contribution in [-0.4, -0.2) is 12.7 Å². The Morgan fingerprint density at radius 3 is 2.38 bits per heavy atom. The first-order chi connectivity index (χ1) is 6.11. The number of rotatable bonds is 2. The van der Waals surface area contributed by atoms with Crippen LogP contribution < -0.4 is 0 Å². The van der Waals surface area contributed by atoms with Crippen LogP contribution in [0.1, 0.15) is 52.9 Å². The first-order valence-electron chi connectivity index (χ1n) is 5.72. The lowest BCUT2D eigenvalue weighted by Crippen LogP contribution is -2.43. The van der Waals surface area contributed by atoms with Gasteiger partial charge in [-0.1, -0.05) is 20.3 Å². The zero-order valence-corrected chi connectivity index (χ0v) is 9.23. The Kier molecular flexibility index (Phi) is 2.18. The van der Waals surface area contributed by atoms with Crippen LogP contribution in [0, 0.1) is 10.8 Å². The molecule has 1 heteroatoms. The van der Waals surface area contributed by atoms with Crippen molar-refractivity contribution < 1.29 is 4.74 Å². The number of ether oxygens (including phenoxy) is 1. The van der Waals surface area contributed by atoms with Gasteiger partial charge in [-0.2, -0.15) is 0 Å². The normalized spacial score (nSPS) is 34.8. The second kappa shape index (κ2) is 2.98. The molecule has 1 spiro atoms. The molecule has 0 bridgehead atoms. The molecule has 0 aromatic rings. The topological polar surface area (TPSA) is 9.23 Å². The molecule has 13 heavy (non-hydrogen) atoms. The summed E-state index contributed by atoms with van der Waals surface area (Å²) in [6, 6.07) is 0. The average Bonchev–Trinajstić information content (AvgIpc) is 2.79. The van der Waals surface area contributed by atoms with Crippen LogP contribution in [0.15, 0.2) is 0 Å². The van der Waals surface area contributed by atoms with Crippen molar-refractivity contribution in [2.75, 3.05) is 6.61 Å². The Morgan fingerprint density at radius 1 is 1.15 bits per heavy atom. The Hall–Kier alpha value is -0.0400. The molecule has 2 fully saturated rings. The summed E-state index contributed by atoms with van der Waals surface area (Å²) in [7, 11) is 0. The third-order valence-electron chi connectivity index (χ3n) is 3.99. The van der Waals surface area contributed by atoms with Gasteiger partial charge in [-0.3, -0.25) is 0 Å². The SMILES string of the molecule is CCOC1C(C)(C)CCCC12CC2. The Balaban J connectivity index is 2.13. The molecule has 0 saturated heterocycles. The maximum atomic E-state index is 5.98. The van der Waals surface area contributed by atoms with Gasteiger partial charge >= 0.3 is 0 Å². The van der Waals surface area contributed by atoms with Gasteiger partial charge in [0.25, 0.3) is 0 Å². The molecule has 2 saturated carbocycles. The maximum absolute atomic E-state index is 5.98. The molecule has 2 aliphatic rings. The molecule has 2 rings (SSSR count). The quantitative estimate of drug-likeness (QED) is 0.636. The summed E-state index contributed by atoms with van der Waals surface area (Å²) in [5, 5.41) is 0. The van der Waals surface area contributed by atoms with E-state index in [4.69, 9.17) is 4.74 Å². The van der Waals surface area contributed by atoms with Gasteiger partial charge in [-0.15, -0.1) is 0 Å². The molecular weight excluding hydrogens is 160 g/mol. The van der Waals surface area contributed by atoms with Crippen LogP contribution in [0.2, 0.25) is 0 Å². The van der Waals surface area contributed by atoms with Crippen LogP contribution >= 0.6 is 0 Å². The molecule has 0 heterocycles. The van der Waals surface area contributed by atoms with E-state index in [0.29, 0.717) is 16.9 Å². The van der Waals surface area contributed by atoms with Gasteiger partial charge < -0.3 is 4.74 Å². The van der Waals surface area contributed by atoms with Gasteiger partial charge in [-0.25, -0.2) is 0 Å². The predicted octanol–water partition coefficient (Wildman–Crippen LogP) is 3.38. The van der Waals surface area contributed by atoms with E-state index < -0.39 is 0 Å². The van der Waals surface area contributed by atoms with Crippen molar-refractivity contribution in [2.24, 2.45) is 10.8 Å². The van der Waals surface area contributed by atoms with Crippen molar-refractivity contribution in [1.29, 1.82) is 0 Å². The lowest BCUT2D eigenvalue weighted by atomic mass is 9.67. The molecule has 1 unspecified atom stereocenters. The van der Waals surface area contributed by atoms with E-state index in [2.05, 4.69) is 20.8 Å². The molecule has 0 amide bonds. The molecule has 2 aliphatic carbocycles. The predicted molar refractivity (Wildman–Crippen MR) is 54.7 cm³/mol. The van der Waals surface area contributed by atoms with Crippen molar-refractivity contribution in [1.82, 2.24) is 0 Å². The third-order valence-corrected chi connectivity index (χ3v) is 3.99. The average molecular weight is 182 g/mol. The van der Waals surface area contributed by atoms with Crippen LogP contribution in [0.5, 0.6) is 0 Å². The summed E-state index contributed by atoms with van der Waals surface area (Å²) < 4.78 is 5.98. The van der Waals surface area contributed by atoms with Crippen molar-refractivity contribution in [3.05, 3.63) is 0 Å². The van der Waals surface area contributed by atoms with Crippen molar-refractivity contribution in [2.45, 2.75) is 59.0 Å². The van der Waals surface area contributed by atoms with Gasteiger partial charge in [0.2, 0.25) is 0 Å². The standard InChI is InChI=1S/C12H22O/c1-4-13-10-11(2,3)6-5-7-12(10)8-9-12/h10H,4-9H2,1-3H3. The molecule has 0 aromatic carbocycles. The van der Waals surface area contributed by atoms with Crippen LogP contribution in [0.25, 0.3) is 0 Å². The molecule has 0 N–H and O–H groups in total. The zero-order chi connectivity index (χ0) is 9.53. The fourth-order valence-electron chi connectivity index (χ4n) is 3.23. The number of hydrogen-bond donors (Lipinski definition) is 0. The van der Waals surface area contributed by atoms with E-state index in [1.165, 1.54) is 32.1 Å². The molecular formula is C12H22O. The van der Waals surface area contributed by atoms with Crippen LogP contribution in [-0.2, 0) is 4.74 Å². The smallest absolute Gasteiger partial charge is 0.0681 e. The fraction of sp³-hybridized carbons (Fsp3) is 1.00. The summed E-state index contributed by atoms with van der Waals surface area (Å²) in [6.45, 7) is 7.77. The van der Waals surface area contributed by atoms with Crippen molar-refractivity contribution >= 4 is 0 Å². The molecule has 0 aliphatic heterocycles. The highest BCUT2D eigenvalue weighted by Crippen LogP contribution is 2.61. The second-order valence-electron chi connectivity index (χ2n) is 5.54. The van der Waals surface area contributed by atoms with E-state index >= 15 is 0 Å². The first kappa shape index (κ1) is 9.51. The highest BCUT2D eigenvalue weighted by Gasteiger charge is 2.56. The van der Waals surface area contributed by atoms with Crippen molar-refractivity contribution in [3.8, 4) is 0 Å². The van der Waals surface area contributed by atoms with Gasteiger partial charge in [0.1, 0.15) is 0 Å². The largest absolute Gasteiger partial charge is 0.377 e. The first-order valence-corrected chi connectivity index (χ1v) is 5.72. The lowest BCUT2D eigenvalue weighted by molar-refractivity contribution is -0.0923. The Labute approximate surface area is 81.9 Å². The Bertz CT molecular complexity index is 185. The minimum atomic E-state index is 0.421. The summed E-state index contributed by atoms with van der Waals surface area (Å²) in [5.74, 6) is 0. The molecule has 1 atom stereocenters. The summed E-state index contributed by atoms with van der Waals surface area (Å²) in [5.41, 5.74) is 1.03. The number of hydrogen-bond acceptors (Lipinski definition) is 1. The van der Waals surface area contributed by atoms with E-state index in [1.54, 1.807) is 0 Å². The Morgan fingerprint density at radius 2 is 1.85 bits per heavy atom. The molecule has 0 radical (unpaired) electrons. The van der Waals surface area contributed by atoms with Gasteiger partial charge in [0.05, 0.1) is 6.10 Å². The lowest BCUT2D eigenvalue weighted by Gasteiger charge is -2.44. The summed E-state index contributed by atoms with van der Waals surface area (Å²) >= 11 is 0. The highest BCUT2D eigenvalue weighted by atomic mass is 16.5. The fourth-order valence-corrected chi connectivity index (χ4v) is 3.23. The third kappa shape index (κ3) is 1.52. The van der Waals surface area contributed by atoms with Gasteiger partial charge in [0.15, 0.2) is 0 Å². The molecule has 76 valence electrons. The molecule has 0 aromatic heterocycles. The van der Waals surface area contributed by atoms with E-state index in [0.717, 1.165) is 6.61 Å². The minimum Gasteiger partial charge on any atom is -0.377 e. The van der Waals surface area contributed by atoms with Crippen LogP contribution in [0.3, 0.4) is 0 Å².